The zero-order valence-corrected chi connectivity index (χ0v) is 12.3. The SMILES string of the molecule is COc1ccc(-c2nnc(COc3cccnc3C)o2)cc1. The van der Waals surface area contributed by atoms with Crippen LogP contribution in [0, 0.1) is 6.92 Å². The first-order valence-corrected chi connectivity index (χ1v) is 6.77. The third-order valence-electron chi connectivity index (χ3n) is 3.11. The molecule has 0 aliphatic rings. The molecule has 2 aromatic heterocycles. The summed E-state index contributed by atoms with van der Waals surface area (Å²) in [7, 11) is 1.62. The van der Waals surface area contributed by atoms with Gasteiger partial charge < -0.3 is 13.9 Å². The maximum absolute atomic E-state index is 5.63. The van der Waals surface area contributed by atoms with Gasteiger partial charge in [-0.25, -0.2) is 0 Å². The summed E-state index contributed by atoms with van der Waals surface area (Å²) in [6, 6.07) is 11.1. The van der Waals surface area contributed by atoms with Gasteiger partial charge in [-0.05, 0) is 43.3 Å². The maximum atomic E-state index is 5.63. The number of rotatable bonds is 5. The monoisotopic (exact) mass is 297 g/mol. The van der Waals surface area contributed by atoms with E-state index < -0.39 is 0 Å². The first kappa shape index (κ1) is 14.1. The predicted octanol–water partition coefficient (Wildman–Crippen LogP) is 3.03. The molecule has 0 spiro atoms. The lowest BCUT2D eigenvalue weighted by molar-refractivity contribution is 0.262. The van der Waals surface area contributed by atoms with E-state index in [0.29, 0.717) is 17.5 Å². The van der Waals surface area contributed by atoms with Gasteiger partial charge in [-0.15, -0.1) is 10.2 Å². The van der Waals surface area contributed by atoms with E-state index in [9.17, 15) is 0 Å². The fraction of sp³-hybridized carbons (Fsp3) is 0.188. The molecule has 0 unspecified atom stereocenters. The van der Waals surface area contributed by atoms with Crippen molar-refractivity contribution >= 4 is 0 Å². The van der Waals surface area contributed by atoms with E-state index in [0.717, 1.165) is 17.0 Å². The highest BCUT2D eigenvalue weighted by atomic mass is 16.5. The second kappa shape index (κ2) is 6.26. The zero-order chi connectivity index (χ0) is 15.4. The summed E-state index contributed by atoms with van der Waals surface area (Å²) in [6.07, 6.45) is 1.72. The number of methoxy groups -OCH3 is 1. The molecule has 0 saturated heterocycles. The average Bonchev–Trinajstić information content (AvgIpc) is 3.03. The highest BCUT2D eigenvalue weighted by Gasteiger charge is 2.10. The van der Waals surface area contributed by atoms with Crippen molar-refractivity contribution in [3.63, 3.8) is 0 Å². The van der Waals surface area contributed by atoms with Gasteiger partial charge in [0, 0.05) is 11.8 Å². The Balaban J connectivity index is 1.69. The van der Waals surface area contributed by atoms with E-state index in [2.05, 4.69) is 15.2 Å². The molecule has 3 aromatic rings. The molecular weight excluding hydrogens is 282 g/mol. The number of nitrogens with zero attached hydrogens (tertiary/aromatic N) is 3. The first-order valence-electron chi connectivity index (χ1n) is 6.77. The Morgan fingerprint density at radius 2 is 1.91 bits per heavy atom. The third kappa shape index (κ3) is 3.06. The van der Waals surface area contributed by atoms with Gasteiger partial charge in [0.05, 0.1) is 12.8 Å². The molecule has 1 aromatic carbocycles. The number of hydrogen-bond donors (Lipinski definition) is 0. The Kier molecular flexibility index (Phi) is 4.00. The number of hydrogen-bond acceptors (Lipinski definition) is 6. The van der Waals surface area contributed by atoms with Crippen molar-refractivity contribution in [2.45, 2.75) is 13.5 Å². The second-order valence-electron chi connectivity index (χ2n) is 4.61. The van der Waals surface area contributed by atoms with Crippen molar-refractivity contribution in [3.8, 4) is 23.0 Å². The third-order valence-corrected chi connectivity index (χ3v) is 3.11. The lowest BCUT2D eigenvalue weighted by atomic mass is 10.2. The molecule has 0 bridgehead atoms. The molecule has 3 rings (SSSR count). The number of aryl methyl sites for hydroxylation is 1. The zero-order valence-electron chi connectivity index (χ0n) is 12.3. The Bertz CT molecular complexity index is 753. The van der Waals surface area contributed by atoms with E-state index in [4.69, 9.17) is 13.9 Å². The second-order valence-corrected chi connectivity index (χ2v) is 4.61. The molecule has 2 heterocycles. The molecule has 0 amide bonds. The summed E-state index contributed by atoms with van der Waals surface area (Å²) in [4.78, 5) is 4.16. The Morgan fingerprint density at radius 1 is 1.09 bits per heavy atom. The number of benzene rings is 1. The van der Waals surface area contributed by atoms with Crippen molar-refractivity contribution in [2.24, 2.45) is 0 Å². The van der Waals surface area contributed by atoms with E-state index in [1.165, 1.54) is 0 Å². The maximum Gasteiger partial charge on any atom is 0.254 e. The quantitative estimate of drug-likeness (QED) is 0.721. The predicted molar refractivity (Wildman–Crippen MR) is 79.6 cm³/mol. The van der Waals surface area contributed by atoms with Crippen molar-refractivity contribution in [1.29, 1.82) is 0 Å². The van der Waals surface area contributed by atoms with E-state index in [1.54, 1.807) is 13.3 Å². The highest BCUT2D eigenvalue weighted by Crippen LogP contribution is 2.22. The van der Waals surface area contributed by atoms with Crippen LogP contribution in [0.25, 0.3) is 11.5 Å². The van der Waals surface area contributed by atoms with Crippen LogP contribution in [0.3, 0.4) is 0 Å². The van der Waals surface area contributed by atoms with Crippen molar-refractivity contribution in [2.75, 3.05) is 7.11 Å². The van der Waals surface area contributed by atoms with Crippen molar-refractivity contribution in [3.05, 3.63) is 54.2 Å². The number of pyridine rings is 1. The molecule has 112 valence electrons. The summed E-state index contributed by atoms with van der Waals surface area (Å²) >= 11 is 0. The standard InChI is InChI=1S/C16H15N3O3/c1-11-14(4-3-9-17-11)21-10-15-18-19-16(22-15)12-5-7-13(20-2)8-6-12/h3-9H,10H2,1-2H3. The lowest BCUT2D eigenvalue weighted by Gasteiger charge is -2.04. The number of ether oxygens (including phenoxy) is 2. The van der Waals surface area contributed by atoms with Crippen LogP contribution in [0.1, 0.15) is 11.6 Å². The molecule has 0 fully saturated rings. The van der Waals surface area contributed by atoms with Crippen LogP contribution in [-0.4, -0.2) is 22.3 Å². The van der Waals surface area contributed by atoms with Crippen molar-refractivity contribution < 1.29 is 13.9 Å². The van der Waals surface area contributed by atoms with Crippen molar-refractivity contribution in [1.82, 2.24) is 15.2 Å². The first-order chi connectivity index (χ1) is 10.8. The molecule has 0 atom stereocenters. The largest absolute Gasteiger partial charge is 0.497 e. The number of aromatic nitrogens is 3. The Hall–Kier alpha value is -2.89. The summed E-state index contributed by atoms with van der Waals surface area (Å²) < 4.78 is 16.3. The van der Waals surface area contributed by atoms with Crippen LogP contribution < -0.4 is 9.47 Å². The van der Waals surface area contributed by atoms with Crippen LogP contribution in [0.2, 0.25) is 0 Å². The van der Waals surface area contributed by atoms with E-state index >= 15 is 0 Å². The Labute approximate surface area is 127 Å². The van der Waals surface area contributed by atoms with Gasteiger partial charge in [-0.3, -0.25) is 4.98 Å². The fourth-order valence-electron chi connectivity index (χ4n) is 1.92. The lowest BCUT2D eigenvalue weighted by Crippen LogP contribution is -1.98. The summed E-state index contributed by atoms with van der Waals surface area (Å²) in [5.41, 5.74) is 1.65. The molecule has 6 nitrogen and oxygen atoms in total. The van der Waals surface area contributed by atoms with E-state index in [1.807, 2.05) is 43.3 Å². The topological polar surface area (TPSA) is 70.3 Å². The Morgan fingerprint density at radius 3 is 2.64 bits per heavy atom. The highest BCUT2D eigenvalue weighted by molar-refractivity contribution is 5.53. The molecule has 0 aliphatic carbocycles. The van der Waals surface area contributed by atoms with Gasteiger partial charge in [-0.1, -0.05) is 0 Å². The van der Waals surface area contributed by atoms with Crippen LogP contribution in [0.15, 0.2) is 47.0 Å². The van der Waals surface area contributed by atoms with Crippen LogP contribution in [0.4, 0.5) is 0 Å². The normalized spacial score (nSPS) is 10.5. The average molecular weight is 297 g/mol. The molecule has 6 heteroatoms. The van der Waals surface area contributed by atoms with Gasteiger partial charge in [0.2, 0.25) is 5.89 Å². The molecule has 0 aliphatic heterocycles. The van der Waals surface area contributed by atoms with Crippen LogP contribution in [0.5, 0.6) is 11.5 Å². The van der Waals surface area contributed by atoms with Gasteiger partial charge in [0.15, 0.2) is 6.61 Å². The fourth-order valence-corrected chi connectivity index (χ4v) is 1.92. The van der Waals surface area contributed by atoms with Crippen LogP contribution in [-0.2, 0) is 6.61 Å². The van der Waals surface area contributed by atoms with Crippen LogP contribution >= 0.6 is 0 Å². The van der Waals surface area contributed by atoms with E-state index in [-0.39, 0.29) is 6.61 Å². The summed E-state index contributed by atoms with van der Waals surface area (Å²) in [5, 5.41) is 8.01. The van der Waals surface area contributed by atoms with Gasteiger partial charge in [0.1, 0.15) is 11.5 Å². The van der Waals surface area contributed by atoms with Gasteiger partial charge >= 0.3 is 0 Å². The molecule has 0 radical (unpaired) electrons. The summed E-state index contributed by atoms with van der Waals surface area (Å²) in [5.74, 6) is 2.34. The molecular formula is C16H15N3O3. The minimum Gasteiger partial charge on any atom is -0.497 e. The molecule has 0 N–H and O–H groups in total. The minimum atomic E-state index is 0.204. The smallest absolute Gasteiger partial charge is 0.254 e. The molecule has 0 saturated carbocycles. The minimum absolute atomic E-state index is 0.204. The summed E-state index contributed by atoms with van der Waals surface area (Å²) in [6.45, 7) is 2.08. The molecule has 22 heavy (non-hydrogen) atoms. The van der Waals surface area contributed by atoms with Gasteiger partial charge in [0.25, 0.3) is 5.89 Å². The van der Waals surface area contributed by atoms with Gasteiger partial charge in [-0.2, -0.15) is 0 Å².